The van der Waals surface area contributed by atoms with Gasteiger partial charge in [-0.25, -0.2) is 4.79 Å². The summed E-state index contributed by atoms with van der Waals surface area (Å²) in [5.41, 5.74) is 1.88. The number of benzene rings is 2. The highest BCUT2D eigenvalue weighted by atomic mass is 16.5. The fraction of sp³-hybridized carbons (Fsp3) is 0.375. The van der Waals surface area contributed by atoms with E-state index in [0.29, 0.717) is 32.6 Å². The zero-order valence-corrected chi connectivity index (χ0v) is 18.0. The molecule has 3 aliphatic rings. The number of hydrogen-bond donors (Lipinski definition) is 1. The van der Waals surface area contributed by atoms with Crippen LogP contribution in [0.2, 0.25) is 0 Å². The number of piperazine rings is 1. The maximum absolute atomic E-state index is 13.3. The first kappa shape index (κ1) is 20.4. The second-order valence-corrected chi connectivity index (χ2v) is 8.42. The van der Waals surface area contributed by atoms with E-state index in [-0.39, 0.29) is 18.4 Å². The molecular formula is C24H26N4O4. The number of ether oxygens (including phenoxy) is 1. The third-order valence-corrected chi connectivity index (χ3v) is 6.77. The van der Waals surface area contributed by atoms with Gasteiger partial charge in [-0.05, 0) is 36.1 Å². The number of aryl methyl sites for hydroxylation is 1. The Morgan fingerprint density at radius 1 is 1.03 bits per heavy atom. The van der Waals surface area contributed by atoms with Crippen molar-refractivity contribution in [2.45, 2.75) is 18.4 Å². The Morgan fingerprint density at radius 2 is 1.75 bits per heavy atom. The molecule has 2 saturated heterocycles. The number of carbonyl (C=O) groups excluding carboxylic acids is 3. The van der Waals surface area contributed by atoms with E-state index in [2.05, 4.69) is 10.2 Å². The van der Waals surface area contributed by atoms with E-state index in [4.69, 9.17) is 4.74 Å². The standard InChI is InChI=1S/C24H26N4O4/c1-32-20-9-5-4-8-19(20)26-12-14-27(15-13-26)21(29)16-28-22(30)24(25-23(28)31)11-10-17-6-2-3-7-18(17)24/h2-9H,10-16H2,1H3,(H,25,31)/t24-/m0/s1. The molecule has 4 amide bonds. The number of hydrogen-bond acceptors (Lipinski definition) is 5. The van der Waals surface area contributed by atoms with Crippen molar-refractivity contribution in [1.82, 2.24) is 15.1 Å². The van der Waals surface area contributed by atoms with Crippen molar-refractivity contribution in [3.63, 3.8) is 0 Å². The van der Waals surface area contributed by atoms with Crippen molar-refractivity contribution in [3.05, 3.63) is 59.7 Å². The van der Waals surface area contributed by atoms with Gasteiger partial charge in [0.1, 0.15) is 17.8 Å². The van der Waals surface area contributed by atoms with Crippen LogP contribution in [0, 0.1) is 0 Å². The van der Waals surface area contributed by atoms with Crippen LogP contribution in [0.4, 0.5) is 10.5 Å². The molecule has 1 N–H and O–H groups in total. The lowest BCUT2D eigenvalue weighted by Crippen LogP contribution is -2.52. The van der Waals surface area contributed by atoms with Crippen LogP contribution in [-0.2, 0) is 21.5 Å². The van der Waals surface area contributed by atoms with Gasteiger partial charge < -0.3 is 19.9 Å². The van der Waals surface area contributed by atoms with Crippen molar-refractivity contribution in [2.24, 2.45) is 0 Å². The van der Waals surface area contributed by atoms with Gasteiger partial charge in [-0.1, -0.05) is 36.4 Å². The topological polar surface area (TPSA) is 82.2 Å². The number of nitrogens with one attached hydrogen (secondary N) is 1. The Hall–Kier alpha value is -3.55. The first-order valence-corrected chi connectivity index (χ1v) is 10.9. The molecule has 0 saturated carbocycles. The highest BCUT2D eigenvalue weighted by Crippen LogP contribution is 2.41. The van der Waals surface area contributed by atoms with Crippen LogP contribution in [-0.4, -0.2) is 67.5 Å². The number of carbonyl (C=O) groups is 3. The quantitative estimate of drug-likeness (QED) is 0.742. The molecule has 0 bridgehead atoms. The van der Waals surface area contributed by atoms with Gasteiger partial charge in [-0.15, -0.1) is 0 Å². The number of imide groups is 1. The summed E-state index contributed by atoms with van der Waals surface area (Å²) in [5, 5.41) is 2.88. The predicted octanol–water partition coefficient (Wildman–Crippen LogP) is 1.74. The summed E-state index contributed by atoms with van der Waals surface area (Å²) >= 11 is 0. The van der Waals surface area contributed by atoms with E-state index in [9.17, 15) is 14.4 Å². The molecule has 0 aromatic heterocycles. The second kappa shape index (κ2) is 7.85. The zero-order chi connectivity index (χ0) is 22.3. The van der Waals surface area contributed by atoms with Gasteiger partial charge in [0.05, 0.1) is 12.8 Å². The molecule has 2 heterocycles. The minimum Gasteiger partial charge on any atom is -0.495 e. The summed E-state index contributed by atoms with van der Waals surface area (Å²) in [6, 6.07) is 15.0. The molecule has 1 aliphatic carbocycles. The maximum atomic E-state index is 13.3. The smallest absolute Gasteiger partial charge is 0.325 e. The van der Waals surface area contributed by atoms with E-state index in [1.807, 2.05) is 48.5 Å². The summed E-state index contributed by atoms with van der Waals surface area (Å²) in [5.74, 6) is 0.263. The minimum absolute atomic E-state index is 0.212. The van der Waals surface area contributed by atoms with Crippen LogP contribution in [0.25, 0.3) is 0 Å². The molecule has 1 atom stereocenters. The molecule has 0 radical (unpaired) electrons. The molecular weight excluding hydrogens is 408 g/mol. The van der Waals surface area contributed by atoms with Gasteiger partial charge in [-0.2, -0.15) is 0 Å². The van der Waals surface area contributed by atoms with Crippen LogP contribution >= 0.6 is 0 Å². The van der Waals surface area contributed by atoms with Crippen molar-refractivity contribution >= 4 is 23.5 Å². The fourth-order valence-corrected chi connectivity index (χ4v) is 5.06. The summed E-state index contributed by atoms with van der Waals surface area (Å²) < 4.78 is 5.45. The zero-order valence-electron chi connectivity index (χ0n) is 18.0. The van der Waals surface area contributed by atoms with E-state index in [0.717, 1.165) is 33.9 Å². The average molecular weight is 434 g/mol. The van der Waals surface area contributed by atoms with Gasteiger partial charge in [0, 0.05) is 26.2 Å². The molecule has 5 rings (SSSR count). The fourth-order valence-electron chi connectivity index (χ4n) is 5.06. The first-order chi connectivity index (χ1) is 15.5. The lowest BCUT2D eigenvalue weighted by molar-refractivity contribution is -0.139. The van der Waals surface area contributed by atoms with Gasteiger partial charge in [0.15, 0.2) is 0 Å². The Morgan fingerprint density at radius 3 is 2.53 bits per heavy atom. The monoisotopic (exact) mass is 434 g/mol. The third kappa shape index (κ3) is 3.18. The van der Waals surface area contributed by atoms with Gasteiger partial charge in [0.2, 0.25) is 5.91 Å². The van der Waals surface area contributed by atoms with Crippen LogP contribution in [0.3, 0.4) is 0 Å². The number of amides is 4. The molecule has 8 nitrogen and oxygen atoms in total. The molecule has 166 valence electrons. The van der Waals surface area contributed by atoms with Crippen molar-refractivity contribution < 1.29 is 19.1 Å². The Bertz CT molecular complexity index is 1080. The summed E-state index contributed by atoms with van der Waals surface area (Å²) in [6.45, 7) is 2.12. The van der Waals surface area contributed by atoms with Gasteiger partial charge in [-0.3, -0.25) is 14.5 Å². The first-order valence-electron chi connectivity index (χ1n) is 10.9. The Kier molecular flexibility index (Phi) is 5.00. The number of methoxy groups -OCH3 is 1. The normalized spacial score (nSPS) is 22.3. The Balaban J connectivity index is 1.25. The molecule has 2 aliphatic heterocycles. The SMILES string of the molecule is COc1ccccc1N1CCN(C(=O)CN2C(=O)N[C@]3(CCc4ccccc43)C2=O)CC1. The summed E-state index contributed by atoms with van der Waals surface area (Å²) in [7, 11) is 1.65. The largest absolute Gasteiger partial charge is 0.495 e. The Labute approximate surface area is 186 Å². The number of anilines is 1. The number of rotatable bonds is 4. The van der Waals surface area contributed by atoms with Crippen molar-refractivity contribution in [2.75, 3.05) is 44.7 Å². The summed E-state index contributed by atoms with van der Waals surface area (Å²) in [6.07, 6.45) is 1.26. The van der Waals surface area contributed by atoms with E-state index < -0.39 is 11.6 Å². The van der Waals surface area contributed by atoms with Crippen LogP contribution in [0.1, 0.15) is 17.5 Å². The average Bonchev–Trinajstić information content (AvgIpc) is 3.32. The van der Waals surface area contributed by atoms with E-state index in [1.54, 1.807) is 12.0 Å². The molecule has 2 fully saturated rings. The highest BCUT2D eigenvalue weighted by Gasteiger charge is 2.55. The number of nitrogens with zero attached hydrogens (tertiary/aromatic N) is 3. The van der Waals surface area contributed by atoms with Crippen molar-refractivity contribution in [1.29, 1.82) is 0 Å². The molecule has 8 heteroatoms. The van der Waals surface area contributed by atoms with Gasteiger partial charge >= 0.3 is 6.03 Å². The number of fused-ring (bicyclic) bond motifs is 2. The van der Waals surface area contributed by atoms with Crippen LogP contribution in [0.15, 0.2) is 48.5 Å². The predicted molar refractivity (Wildman–Crippen MR) is 118 cm³/mol. The maximum Gasteiger partial charge on any atom is 0.325 e. The van der Waals surface area contributed by atoms with E-state index >= 15 is 0 Å². The second-order valence-electron chi connectivity index (χ2n) is 8.42. The number of para-hydroxylation sites is 2. The van der Waals surface area contributed by atoms with Crippen molar-refractivity contribution in [3.8, 4) is 5.75 Å². The molecule has 1 spiro atoms. The van der Waals surface area contributed by atoms with Crippen LogP contribution < -0.4 is 15.0 Å². The summed E-state index contributed by atoms with van der Waals surface area (Å²) in [4.78, 5) is 43.9. The molecule has 0 unspecified atom stereocenters. The van der Waals surface area contributed by atoms with E-state index in [1.165, 1.54) is 0 Å². The van der Waals surface area contributed by atoms with Crippen LogP contribution in [0.5, 0.6) is 5.75 Å². The lowest BCUT2D eigenvalue weighted by atomic mass is 9.92. The molecule has 2 aromatic rings. The van der Waals surface area contributed by atoms with Gasteiger partial charge in [0.25, 0.3) is 5.91 Å². The lowest BCUT2D eigenvalue weighted by Gasteiger charge is -2.37. The highest BCUT2D eigenvalue weighted by molar-refractivity contribution is 6.09. The molecule has 32 heavy (non-hydrogen) atoms. The molecule has 2 aromatic carbocycles. The third-order valence-electron chi connectivity index (χ3n) is 6.77. The number of urea groups is 1. The minimum atomic E-state index is -1.03.